The lowest BCUT2D eigenvalue weighted by Gasteiger charge is -2.02. The number of methoxy groups -OCH3 is 1. The van der Waals surface area contributed by atoms with Gasteiger partial charge in [0.2, 0.25) is 0 Å². The van der Waals surface area contributed by atoms with Crippen molar-refractivity contribution in [3.8, 4) is 23.7 Å². The Kier molecular flexibility index (Phi) is 7.33. The van der Waals surface area contributed by atoms with Gasteiger partial charge in [0, 0.05) is 41.4 Å². The van der Waals surface area contributed by atoms with Crippen LogP contribution in [0, 0.1) is 41.1 Å². The molecule has 0 aliphatic rings. The monoisotopic (exact) mass is 454 g/mol. The number of hydrogen-bond acceptors (Lipinski definition) is 1. The van der Waals surface area contributed by atoms with Crippen molar-refractivity contribution in [3.05, 3.63) is 118 Å². The van der Waals surface area contributed by atoms with Crippen LogP contribution >= 0.6 is 0 Å². The molecule has 0 aliphatic carbocycles. The van der Waals surface area contributed by atoms with Crippen molar-refractivity contribution in [1.29, 1.82) is 0 Å². The second kappa shape index (κ2) is 10.8. The third-order valence-corrected chi connectivity index (χ3v) is 5.33. The fraction of sp³-hybridized carbons (Fsp3) is 0.133. The molecule has 4 heteroatoms. The summed E-state index contributed by atoms with van der Waals surface area (Å²) >= 11 is 0. The molecular formula is C30H21F3O. The quantitative estimate of drug-likeness (QED) is 0.191. The SMILES string of the molecule is COCCCc1ccc(C#Cc2ccc(C#Cc3ccc4c(F)c(F)c(F)cc4c3)cc2)cc1. The Balaban J connectivity index is 1.44. The molecule has 0 saturated heterocycles. The third-order valence-electron chi connectivity index (χ3n) is 5.33. The summed E-state index contributed by atoms with van der Waals surface area (Å²) in [5.41, 5.74) is 4.44. The molecule has 34 heavy (non-hydrogen) atoms. The molecule has 0 unspecified atom stereocenters. The van der Waals surface area contributed by atoms with Gasteiger partial charge in [-0.05, 0) is 78.4 Å². The van der Waals surface area contributed by atoms with E-state index in [1.165, 1.54) is 17.7 Å². The van der Waals surface area contributed by atoms with Gasteiger partial charge >= 0.3 is 0 Å². The first-order valence-electron chi connectivity index (χ1n) is 10.8. The molecule has 1 nitrogen and oxygen atoms in total. The predicted molar refractivity (Wildman–Crippen MR) is 129 cm³/mol. The van der Waals surface area contributed by atoms with Crippen LogP contribution in [0.25, 0.3) is 10.8 Å². The van der Waals surface area contributed by atoms with E-state index in [9.17, 15) is 13.2 Å². The molecule has 0 atom stereocenters. The van der Waals surface area contributed by atoms with Gasteiger partial charge in [0.1, 0.15) is 0 Å². The maximum Gasteiger partial charge on any atom is 0.195 e. The molecule has 4 rings (SSSR count). The number of fused-ring (bicyclic) bond motifs is 1. The van der Waals surface area contributed by atoms with E-state index >= 15 is 0 Å². The van der Waals surface area contributed by atoms with Crippen molar-refractivity contribution in [2.75, 3.05) is 13.7 Å². The van der Waals surface area contributed by atoms with Gasteiger partial charge in [-0.15, -0.1) is 0 Å². The van der Waals surface area contributed by atoms with Crippen molar-refractivity contribution in [1.82, 2.24) is 0 Å². The second-order valence-electron chi connectivity index (χ2n) is 7.79. The Morgan fingerprint density at radius 1 is 0.647 bits per heavy atom. The smallest absolute Gasteiger partial charge is 0.195 e. The molecule has 0 amide bonds. The van der Waals surface area contributed by atoms with Crippen LogP contribution in [0.15, 0.2) is 72.8 Å². The summed E-state index contributed by atoms with van der Waals surface area (Å²) in [6, 6.07) is 21.2. The van der Waals surface area contributed by atoms with E-state index in [0.717, 1.165) is 42.2 Å². The predicted octanol–water partition coefficient (Wildman–Crippen LogP) is 6.64. The first-order valence-corrected chi connectivity index (χ1v) is 10.8. The molecule has 4 aromatic rings. The van der Waals surface area contributed by atoms with Gasteiger partial charge in [0.15, 0.2) is 17.5 Å². The fourth-order valence-electron chi connectivity index (χ4n) is 3.48. The number of ether oxygens (including phenoxy) is 1. The zero-order chi connectivity index (χ0) is 23.9. The van der Waals surface area contributed by atoms with Gasteiger partial charge in [0.25, 0.3) is 0 Å². The molecule has 0 bridgehead atoms. The van der Waals surface area contributed by atoms with Gasteiger partial charge in [-0.25, -0.2) is 13.2 Å². The summed E-state index contributed by atoms with van der Waals surface area (Å²) in [5, 5.41) is 0.282. The van der Waals surface area contributed by atoms with Gasteiger partial charge in [-0.3, -0.25) is 0 Å². The minimum Gasteiger partial charge on any atom is -0.385 e. The van der Waals surface area contributed by atoms with E-state index in [0.29, 0.717) is 5.56 Å². The summed E-state index contributed by atoms with van der Waals surface area (Å²) in [6.45, 7) is 0.755. The van der Waals surface area contributed by atoms with Gasteiger partial charge in [-0.2, -0.15) is 0 Å². The number of aryl methyl sites for hydroxylation is 1. The van der Waals surface area contributed by atoms with Gasteiger partial charge < -0.3 is 4.74 Å². The Bertz CT molecular complexity index is 1430. The summed E-state index contributed by atoms with van der Waals surface area (Å²) in [4.78, 5) is 0. The number of hydrogen-bond donors (Lipinski definition) is 0. The minimum atomic E-state index is -1.47. The lowest BCUT2D eigenvalue weighted by atomic mass is 10.1. The number of halogens is 3. The van der Waals surface area contributed by atoms with Crippen molar-refractivity contribution in [2.45, 2.75) is 12.8 Å². The lowest BCUT2D eigenvalue weighted by Crippen LogP contribution is -1.92. The molecule has 0 fully saturated rings. The normalized spacial score (nSPS) is 10.4. The van der Waals surface area contributed by atoms with E-state index in [2.05, 4.69) is 35.8 Å². The molecule has 168 valence electrons. The summed E-state index contributed by atoms with van der Waals surface area (Å²) in [7, 11) is 1.71. The topological polar surface area (TPSA) is 9.23 Å². The maximum absolute atomic E-state index is 13.9. The highest BCUT2D eigenvalue weighted by molar-refractivity contribution is 5.84. The van der Waals surface area contributed by atoms with Crippen LogP contribution in [0.3, 0.4) is 0 Å². The molecule has 0 saturated carbocycles. The standard InChI is InChI=1S/C30H21F3O/c1-34-18-2-3-21-4-6-22(7-5-21)8-9-23-10-12-24(13-11-23)14-15-25-16-17-27-26(19-25)20-28(31)30(33)29(27)32/h4-7,10-13,16-17,19-20H,2-3,18H2,1H3. The zero-order valence-corrected chi connectivity index (χ0v) is 18.6. The van der Waals surface area contributed by atoms with E-state index in [1.54, 1.807) is 13.2 Å². The molecule has 0 heterocycles. The summed E-state index contributed by atoms with van der Waals surface area (Å²) < 4.78 is 45.8. The molecule has 0 radical (unpaired) electrons. The van der Waals surface area contributed by atoms with Crippen molar-refractivity contribution in [3.63, 3.8) is 0 Å². The third kappa shape index (κ3) is 5.67. The van der Waals surface area contributed by atoms with Gasteiger partial charge in [0.05, 0.1) is 0 Å². The average Bonchev–Trinajstić information content (AvgIpc) is 2.86. The van der Waals surface area contributed by atoms with Crippen LogP contribution in [0.2, 0.25) is 0 Å². The Labute approximate surface area is 197 Å². The second-order valence-corrected chi connectivity index (χ2v) is 7.79. The average molecular weight is 454 g/mol. The van der Waals surface area contributed by atoms with Crippen LogP contribution in [-0.4, -0.2) is 13.7 Å². The Morgan fingerprint density at radius 3 is 1.76 bits per heavy atom. The van der Waals surface area contributed by atoms with Crippen LogP contribution in [0.5, 0.6) is 0 Å². The van der Waals surface area contributed by atoms with E-state index in [-0.39, 0.29) is 10.8 Å². The molecule has 0 aliphatic heterocycles. The van der Waals surface area contributed by atoms with Crippen LogP contribution in [-0.2, 0) is 11.2 Å². The van der Waals surface area contributed by atoms with Crippen LogP contribution < -0.4 is 0 Å². The first kappa shape index (κ1) is 23.2. The number of rotatable bonds is 4. The maximum atomic E-state index is 13.9. The molecule has 0 N–H and O–H groups in total. The van der Waals surface area contributed by atoms with Crippen molar-refractivity contribution in [2.24, 2.45) is 0 Å². The Morgan fingerprint density at radius 2 is 1.18 bits per heavy atom. The number of benzene rings is 4. The summed E-state index contributed by atoms with van der Waals surface area (Å²) in [6.07, 6.45) is 1.98. The van der Waals surface area contributed by atoms with E-state index in [1.807, 2.05) is 36.4 Å². The molecule has 0 spiro atoms. The zero-order valence-electron chi connectivity index (χ0n) is 18.6. The largest absolute Gasteiger partial charge is 0.385 e. The van der Waals surface area contributed by atoms with Crippen molar-refractivity contribution < 1.29 is 17.9 Å². The summed E-state index contributed by atoms with van der Waals surface area (Å²) in [5.74, 6) is 8.44. The Hall–Kier alpha value is -3.99. The van der Waals surface area contributed by atoms with Crippen molar-refractivity contribution >= 4 is 10.8 Å². The molecule has 4 aromatic carbocycles. The highest BCUT2D eigenvalue weighted by Gasteiger charge is 2.13. The van der Waals surface area contributed by atoms with Crippen LogP contribution in [0.4, 0.5) is 13.2 Å². The molecular weight excluding hydrogens is 433 g/mol. The van der Waals surface area contributed by atoms with E-state index in [4.69, 9.17) is 4.74 Å². The lowest BCUT2D eigenvalue weighted by molar-refractivity contribution is 0.195. The van der Waals surface area contributed by atoms with E-state index < -0.39 is 17.5 Å². The van der Waals surface area contributed by atoms with Gasteiger partial charge in [-0.1, -0.05) is 41.9 Å². The first-order chi connectivity index (χ1) is 16.5. The van der Waals surface area contributed by atoms with Crippen LogP contribution in [0.1, 0.15) is 34.2 Å². The highest BCUT2D eigenvalue weighted by Crippen LogP contribution is 2.24. The molecule has 0 aromatic heterocycles. The fourth-order valence-corrected chi connectivity index (χ4v) is 3.48. The minimum absolute atomic E-state index is 0.0214. The highest BCUT2D eigenvalue weighted by atomic mass is 19.2.